The highest BCUT2D eigenvalue weighted by Gasteiger charge is 2.06. The Morgan fingerprint density at radius 1 is 1.36 bits per heavy atom. The molecule has 1 atom stereocenters. The van der Waals surface area contributed by atoms with E-state index in [-0.39, 0.29) is 6.61 Å². The first-order valence-electron chi connectivity index (χ1n) is 4.49. The average molecular weight is 196 g/mol. The number of hydrogen-bond donors (Lipinski definition) is 3. The van der Waals surface area contributed by atoms with Gasteiger partial charge in [0.2, 0.25) is 0 Å². The van der Waals surface area contributed by atoms with Crippen LogP contribution in [0.4, 0.5) is 11.4 Å². The van der Waals surface area contributed by atoms with Crippen LogP contribution < -0.4 is 10.6 Å². The second-order valence-corrected chi connectivity index (χ2v) is 3.31. The molecule has 0 radical (unpaired) electrons. The summed E-state index contributed by atoms with van der Waals surface area (Å²) in [5.41, 5.74) is 7.22. The van der Waals surface area contributed by atoms with Gasteiger partial charge < -0.3 is 20.8 Å². The maximum absolute atomic E-state index is 9.23. The van der Waals surface area contributed by atoms with Crippen LogP contribution in [0.25, 0.3) is 0 Å². The molecule has 4 N–H and O–H groups in total. The van der Waals surface area contributed by atoms with Crippen LogP contribution in [0, 0.1) is 0 Å². The van der Waals surface area contributed by atoms with Crippen LogP contribution in [0.3, 0.4) is 0 Å². The SMILES string of the molecule is CN(CC(O)CO)c1ccc(N)cc1. The Bertz CT molecular complexity index is 274. The molecule has 0 aromatic heterocycles. The topological polar surface area (TPSA) is 69.7 Å². The molecule has 0 aliphatic carbocycles. The fourth-order valence-corrected chi connectivity index (χ4v) is 1.21. The Morgan fingerprint density at radius 3 is 2.43 bits per heavy atom. The number of anilines is 2. The summed E-state index contributed by atoms with van der Waals surface area (Å²) in [6, 6.07) is 7.35. The highest BCUT2D eigenvalue weighted by atomic mass is 16.3. The van der Waals surface area contributed by atoms with Gasteiger partial charge in [0.05, 0.1) is 12.7 Å². The van der Waals surface area contributed by atoms with Gasteiger partial charge in [0.1, 0.15) is 0 Å². The van der Waals surface area contributed by atoms with Gasteiger partial charge in [-0.15, -0.1) is 0 Å². The lowest BCUT2D eigenvalue weighted by Gasteiger charge is -2.21. The second-order valence-electron chi connectivity index (χ2n) is 3.31. The average Bonchev–Trinajstić information content (AvgIpc) is 2.18. The van der Waals surface area contributed by atoms with E-state index < -0.39 is 6.10 Å². The van der Waals surface area contributed by atoms with Gasteiger partial charge in [0, 0.05) is 25.0 Å². The Labute approximate surface area is 83.6 Å². The predicted octanol–water partition coefficient (Wildman–Crippen LogP) is 0.0582. The molecule has 4 nitrogen and oxygen atoms in total. The van der Waals surface area contributed by atoms with Gasteiger partial charge in [-0.2, -0.15) is 0 Å². The Kier molecular flexibility index (Phi) is 3.73. The molecule has 0 spiro atoms. The minimum Gasteiger partial charge on any atom is -0.399 e. The first-order chi connectivity index (χ1) is 6.63. The van der Waals surface area contributed by atoms with E-state index >= 15 is 0 Å². The monoisotopic (exact) mass is 196 g/mol. The normalized spacial score (nSPS) is 12.5. The number of hydrogen-bond acceptors (Lipinski definition) is 4. The van der Waals surface area contributed by atoms with Gasteiger partial charge in [0.15, 0.2) is 0 Å². The maximum Gasteiger partial charge on any atom is 0.0945 e. The van der Waals surface area contributed by atoms with Gasteiger partial charge in [0.25, 0.3) is 0 Å². The predicted molar refractivity (Wildman–Crippen MR) is 57.2 cm³/mol. The highest BCUT2D eigenvalue weighted by molar-refractivity contribution is 5.52. The van der Waals surface area contributed by atoms with Crippen LogP contribution in [-0.2, 0) is 0 Å². The van der Waals surface area contributed by atoms with Crippen molar-refractivity contribution in [2.24, 2.45) is 0 Å². The smallest absolute Gasteiger partial charge is 0.0945 e. The van der Waals surface area contributed by atoms with E-state index in [9.17, 15) is 5.11 Å². The molecule has 78 valence electrons. The minimum absolute atomic E-state index is 0.223. The maximum atomic E-state index is 9.23. The van der Waals surface area contributed by atoms with Gasteiger partial charge in [-0.05, 0) is 24.3 Å². The number of aliphatic hydroxyl groups excluding tert-OH is 2. The lowest BCUT2D eigenvalue weighted by molar-refractivity contribution is 0.101. The zero-order valence-electron chi connectivity index (χ0n) is 8.22. The van der Waals surface area contributed by atoms with Crippen LogP contribution in [0.1, 0.15) is 0 Å². The van der Waals surface area contributed by atoms with Gasteiger partial charge in [-0.3, -0.25) is 0 Å². The first-order valence-corrected chi connectivity index (χ1v) is 4.49. The summed E-state index contributed by atoms with van der Waals surface area (Å²) in [7, 11) is 1.85. The van der Waals surface area contributed by atoms with Crippen LogP contribution in [-0.4, -0.2) is 36.5 Å². The molecule has 0 aliphatic heterocycles. The molecular formula is C10H16N2O2. The van der Waals surface area contributed by atoms with Gasteiger partial charge >= 0.3 is 0 Å². The lowest BCUT2D eigenvalue weighted by atomic mass is 10.2. The van der Waals surface area contributed by atoms with Crippen LogP contribution in [0.5, 0.6) is 0 Å². The highest BCUT2D eigenvalue weighted by Crippen LogP contribution is 2.14. The summed E-state index contributed by atoms with van der Waals surface area (Å²) in [4.78, 5) is 1.86. The number of rotatable bonds is 4. The third-order valence-electron chi connectivity index (χ3n) is 2.03. The van der Waals surface area contributed by atoms with E-state index in [1.54, 1.807) is 12.1 Å². The van der Waals surface area contributed by atoms with Gasteiger partial charge in [-0.25, -0.2) is 0 Å². The zero-order valence-corrected chi connectivity index (χ0v) is 8.22. The van der Waals surface area contributed by atoms with Crippen molar-refractivity contribution in [3.63, 3.8) is 0 Å². The second kappa shape index (κ2) is 4.83. The number of nitrogens with two attached hydrogens (primary N) is 1. The number of aliphatic hydroxyl groups is 2. The van der Waals surface area contributed by atoms with Crippen molar-refractivity contribution in [2.45, 2.75) is 6.10 Å². The van der Waals surface area contributed by atoms with Crippen molar-refractivity contribution in [2.75, 3.05) is 30.8 Å². The van der Waals surface area contributed by atoms with Crippen molar-refractivity contribution in [3.05, 3.63) is 24.3 Å². The molecule has 14 heavy (non-hydrogen) atoms. The molecule has 1 aromatic rings. The fourth-order valence-electron chi connectivity index (χ4n) is 1.21. The molecule has 0 bridgehead atoms. The molecule has 0 saturated heterocycles. The van der Waals surface area contributed by atoms with E-state index in [0.717, 1.165) is 5.69 Å². The van der Waals surface area contributed by atoms with E-state index in [1.165, 1.54) is 0 Å². The summed E-state index contributed by atoms with van der Waals surface area (Å²) < 4.78 is 0. The summed E-state index contributed by atoms with van der Waals surface area (Å²) in [5, 5.41) is 17.9. The Morgan fingerprint density at radius 2 is 1.93 bits per heavy atom. The third-order valence-corrected chi connectivity index (χ3v) is 2.03. The van der Waals surface area contributed by atoms with Crippen molar-refractivity contribution in [1.29, 1.82) is 0 Å². The first kappa shape index (κ1) is 10.8. The van der Waals surface area contributed by atoms with Crippen molar-refractivity contribution in [1.82, 2.24) is 0 Å². The molecule has 0 saturated carbocycles. The molecule has 1 rings (SSSR count). The third kappa shape index (κ3) is 2.90. The molecule has 0 fully saturated rings. The summed E-state index contributed by atoms with van der Waals surface area (Å²) in [6.07, 6.45) is -0.711. The molecule has 4 heteroatoms. The Hall–Kier alpha value is -1.26. The lowest BCUT2D eigenvalue weighted by Crippen LogP contribution is -2.31. The zero-order chi connectivity index (χ0) is 10.6. The van der Waals surface area contributed by atoms with E-state index in [1.807, 2.05) is 24.1 Å². The standard InChI is InChI=1S/C10H16N2O2/c1-12(6-10(14)7-13)9-4-2-8(11)3-5-9/h2-5,10,13-14H,6-7,11H2,1H3. The fraction of sp³-hybridized carbons (Fsp3) is 0.400. The molecular weight excluding hydrogens is 180 g/mol. The van der Waals surface area contributed by atoms with Crippen LogP contribution in [0.15, 0.2) is 24.3 Å². The summed E-state index contributed by atoms with van der Waals surface area (Å²) >= 11 is 0. The molecule has 0 heterocycles. The number of nitrogen functional groups attached to an aromatic ring is 1. The van der Waals surface area contributed by atoms with Crippen LogP contribution in [0.2, 0.25) is 0 Å². The number of likely N-dealkylation sites (N-methyl/N-ethyl adjacent to an activating group) is 1. The van der Waals surface area contributed by atoms with Gasteiger partial charge in [-0.1, -0.05) is 0 Å². The summed E-state index contributed by atoms with van der Waals surface area (Å²) in [6.45, 7) is 0.180. The number of benzene rings is 1. The molecule has 1 aromatic carbocycles. The molecule has 0 aliphatic rings. The molecule has 1 unspecified atom stereocenters. The van der Waals surface area contributed by atoms with E-state index in [2.05, 4.69) is 0 Å². The number of nitrogens with zero attached hydrogens (tertiary/aromatic N) is 1. The van der Waals surface area contributed by atoms with E-state index in [0.29, 0.717) is 12.2 Å². The van der Waals surface area contributed by atoms with Crippen molar-refractivity contribution in [3.8, 4) is 0 Å². The largest absolute Gasteiger partial charge is 0.399 e. The van der Waals surface area contributed by atoms with E-state index in [4.69, 9.17) is 10.8 Å². The molecule has 0 amide bonds. The van der Waals surface area contributed by atoms with Crippen molar-refractivity contribution >= 4 is 11.4 Å². The Balaban J connectivity index is 2.60. The summed E-state index contributed by atoms with van der Waals surface area (Å²) in [5.74, 6) is 0. The minimum atomic E-state index is -0.711. The quantitative estimate of drug-likeness (QED) is 0.595. The van der Waals surface area contributed by atoms with Crippen LogP contribution >= 0.6 is 0 Å². The van der Waals surface area contributed by atoms with Crippen molar-refractivity contribution < 1.29 is 10.2 Å².